The Hall–Kier alpha value is -2.72. The minimum atomic E-state index is -3.78. The van der Waals surface area contributed by atoms with E-state index in [0.717, 1.165) is 22.5 Å². The van der Waals surface area contributed by atoms with Crippen LogP contribution in [0.25, 0.3) is 0 Å². The maximum Gasteiger partial charge on any atom is 0.308 e. The molecule has 1 aromatic heterocycles. The zero-order chi connectivity index (χ0) is 23.4. The number of para-hydroxylation sites is 1. The third-order valence-corrected chi connectivity index (χ3v) is 8.90. The molecule has 7 nitrogen and oxygen atoms in total. The Kier molecular flexibility index (Phi) is 7.14. The number of thiophene rings is 1. The number of fused-ring (bicyclic) bond motifs is 1. The number of carbonyl (C=O) groups excluding carboxylic acids is 2. The molecule has 0 fully saturated rings. The summed E-state index contributed by atoms with van der Waals surface area (Å²) in [4.78, 5) is 24.8. The molecule has 2 heterocycles. The molecule has 2 aromatic carbocycles. The molecule has 1 aliphatic heterocycles. The standard InChI is InChI=1S/C23H21ClN2O5S2/c24-18-8-3-4-9-19(18)25-21(27)15-31-22(28)14-20-17-7-2-1-6-16(17)11-12-26(20)33(29,30)23-10-5-13-32-23/h1-10,13,20H,11-12,14-15H2,(H,25,27)/t20-/m0/s1. The molecule has 0 spiro atoms. The van der Waals surface area contributed by atoms with Crippen LogP contribution in [0.5, 0.6) is 0 Å². The van der Waals surface area contributed by atoms with Gasteiger partial charge in [0.25, 0.3) is 15.9 Å². The number of hydrogen-bond donors (Lipinski definition) is 1. The number of amides is 1. The van der Waals surface area contributed by atoms with Crippen LogP contribution in [0.1, 0.15) is 23.6 Å². The van der Waals surface area contributed by atoms with Crippen LogP contribution in [0.4, 0.5) is 5.69 Å². The maximum absolute atomic E-state index is 13.3. The fraction of sp³-hybridized carbons (Fsp3) is 0.217. The van der Waals surface area contributed by atoms with Gasteiger partial charge in [0.2, 0.25) is 0 Å². The van der Waals surface area contributed by atoms with Crippen molar-refractivity contribution in [1.82, 2.24) is 4.31 Å². The van der Waals surface area contributed by atoms with E-state index in [1.165, 1.54) is 4.31 Å². The summed E-state index contributed by atoms with van der Waals surface area (Å²) >= 11 is 7.16. The van der Waals surface area contributed by atoms with Crippen LogP contribution in [-0.2, 0) is 30.8 Å². The average molecular weight is 505 g/mol. The zero-order valence-electron chi connectivity index (χ0n) is 17.4. The highest BCUT2D eigenvalue weighted by molar-refractivity contribution is 7.91. The lowest BCUT2D eigenvalue weighted by atomic mass is 9.92. The van der Waals surface area contributed by atoms with Crippen molar-refractivity contribution in [2.24, 2.45) is 0 Å². The highest BCUT2D eigenvalue weighted by Gasteiger charge is 2.38. The van der Waals surface area contributed by atoms with Crippen LogP contribution in [0.15, 0.2) is 70.3 Å². The molecular weight excluding hydrogens is 484 g/mol. The van der Waals surface area contributed by atoms with Crippen molar-refractivity contribution in [2.45, 2.75) is 23.1 Å². The highest BCUT2D eigenvalue weighted by atomic mass is 35.5. The van der Waals surface area contributed by atoms with Gasteiger partial charge in [-0.1, -0.05) is 54.1 Å². The number of nitrogens with one attached hydrogen (secondary N) is 1. The second-order valence-corrected chi connectivity index (χ2v) is 10.9. The molecular formula is C23H21ClN2O5S2. The number of anilines is 1. The molecule has 0 saturated carbocycles. The van der Waals surface area contributed by atoms with Crippen LogP contribution in [-0.4, -0.2) is 37.8 Å². The molecule has 4 rings (SSSR count). The Balaban J connectivity index is 1.48. The first-order chi connectivity index (χ1) is 15.9. The lowest BCUT2D eigenvalue weighted by Gasteiger charge is -2.35. The lowest BCUT2D eigenvalue weighted by molar-refractivity contribution is -0.148. The third-order valence-electron chi connectivity index (χ3n) is 5.29. The van der Waals surface area contributed by atoms with E-state index in [4.69, 9.17) is 16.3 Å². The van der Waals surface area contributed by atoms with E-state index in [9.17, 15) is 18.0 Å². The van der Waals surface area contributed by atoms with Crippen LogP contribution in [0.3, 0.4) is 0 Å². The summed E-state index contributed by atoms with van der Waals surface area (Å²) in [6.45, 7) is -0.252. The van der Waals surface area contributed by atoms with Gasteiger partial charge in [-0.05, 0) is 41.1 Å². The van der Waals surface area contributed by atoms with Crippen LogP contribution in [0, 0.1) is 0 Å². The maximum atomic E-state index is 13.3. The summed E-state index contributed by atoms with van der Waals surface area (Å²) in [5, 5.41) is 4.65. The number of rotatable bonds is 7. The van der Waals surface area contributed by atoms with Crippen LogP contribution < -0.4 is 5.32 Å². The summed E-state index contributed by atoms with van der Waals surface area (Å²) < 4.78 is 33.3. The van der Waals surface area contributed by atoms with Gasteiger partial charge in [0.05, 0.1) is 23.2 Å². The molecule has 0 unspecified atom stereocenters. The number of carbonyl (C=O) groups is 2. The molecule has 0 saturated heterocycles. The lowest BCUT2D eigenvalue weighted by Crippen LogP contribution is -2.41. The van der Waals surface area contributed by atoms with Crippen molar-refractivity contribution >= 4 is 50.5 Å². The number of ether oxygens (including phenoxy) is 1. The fourth-order valence-corrected chi connectivity index (χ4v) is 6.67. The summed E-state index contributed by atoms with van der Waals surface area (Å²) in [6.07, 6.45) is 0.341. The zero-order valence-corrected chi connectivity index (χ0v) is 19.8. The van der Waals surface area contributed by atoms with Crippen LogP contribution in [0.2, 0.25) is 5.02 Å². The predicted molar refractivity (Wildman–Crippen MR) is 127 cm³/mol. The number of benzene rings is 2. The normalized spacial score (nSPS) is 16.1. The van der Waals surface area contributed by atoms with Gasteiger partial charge in [0.15, 0.2) is 6.61 Å². The van der Waals surface area contributed by atoms with Crippen molar-refractivity contribution < 1.29 is 22.7 Å². The summed E-state index contributed by atoms with van der Waals surface area (Å²) in [7, 11) is -3.78. The molecule has 0 radical (unpaired) electrons. The summed E-state index contributed by atoms with van der Waals surface area (Å²) in [5.74, 6) is -1.21. The van der Waals surface area contributed by atoms with Gasteiger partial charge >= 0.3 is 5.97 Å². The SMILES string of the molecule is O=C(COC(=O)C[C@H]1c2ccccc2CCN1S(=O)(=O)c1cccs1)Nc1ccccc1Cl. The van der Waals surface area contributed by atoms with Crippen LogP contribution >= 0.6 is 22.9 Å². The number of sulfonamides is 1. The van der Waals surface area contributed by atoms with Gasteiger partial charge in [-0.25, -0.2) is 8.42 Å². The minimum Gasteiger partial charge on any atom is -0.456 e. The van der Waals surface area contributed by atoms with E-state index < -0.39 is 34.5 Å². The predicted octanol–water partition coefficient (Wildman–Crippen LogP) is 4.26. The Morgan fingerprint density at radius 3 is 2.61 bits per heavy atom. The number of nitrogens with zero attached hydrogens (tertiary/aromatic N) is 1. The van der Waals surface area contributed by atoms with Crippen molar-refractivity contribution in [1.29, 1.82) is 0 Å². The molecule has 1 aliphatic rings. The number of esters is 1. The van der Waals surface area contributed by atoms with Gasteiger partial charge in [-0.15, -0.1) is 11.3 Å². The van der Waals surface area contributed by atoms with E-state index in [1.54, 1.807) is 41.8 Å². The molecule has 1 amide bonds. The van der Waals surface area contributed by atoms with Gasteiger partial charge in [-0.2, -0.15) is 4.31 Å². The molecule has 33 heavy (non-hydrogen) atoms. The molecule has 1 atom stereocenters. The minimum absolute atomic E-state index is 0.207. The largest absolute Gasteiger partial charge is 0.456 e. The quantitative estimate of drug-likeness (QED) is 0.485. The highest BCUT2D eigenvalue weighted by Crippen LogP contribution is 2.37. The molecule has 172 valence electrons. The summed E-state index contributed by atoms with van der Waals surface area (Å²) in [5.41, 5.74) is 2.17. The Morgan fingerprint density at radius 1 is 1.09 bits per heavy atom. The van der Waals surface area contributed by atoms with E-state index in [-0.39, 0.29) is 17.2 Å². The van der Waals surface area contributed by atoms with Crippen molar-refractivity contribution in [3.8, 4) is 0 Å². The first-order valence-corrected chi connectivity index (χ1v) is 12.9. The smallest absolute Gasteiger partial charge is 0.308 e. The fourth-order valence-electron chi connectivity index (χ4n) is 3.77. The number of halogens is 1. The molecule has 3 aromatic rings. The molecule has 0 aliphatic carbocycles. The molecule has 0 bridgehead atoms. The topological polar surface area (TPSA) is 92.8 Å². The van der Waals surface area contributed by atoms with E-state index in [2.05, 4.69) is 5.32 Å². The van der Waals surface area contributed by atoms with Gasteiger partial charge in [0, 0.05) is 6.54 Å². The number of hydrogen-bond acceptors (Lipinski definition) is 6. The van der Waals surface area contributed by atoms with E-state index in [1.807, 2.05) is 24.3 Å². The molecule has 10 heteroatoms. The Morgan fingerprint density at radius 2 is 1.85 bits per heavy atom. The summed E-state index contributed by atoms with van der Waals surface area (Å²) in [6, 6.07) is 16.7. The van der Waals surface area contributed by atoms with Gasteiger partial charge in [-0.3, -0.25) is 9.59 Å². The third kappa shape index (κ3) is 5.27. The Labute approximate surface area is 201 Å². The molecule has 1 N–H and O–H groups in total. The first kappa shape index (κ1) is 23.4. The Bertz CT molecular complexity index is 1260. The van der Waals surface area contributed by atoms with E-state index in [0.29, 0.717) is 17.1 Å². The van der Waals surface area contributed by atoms with Crippen molar-refractivity contribution in [3.63, 3.8) is 0 Å². The van der Waals surface area contributed by atoms with Crippen molar-refractivity contribution in [2.75, 3.05) is 18.5 Å². The van der Waals surface area contributed by atoms with Crippen molar-refractivity contribution in [3.05, 3.63) is 82.2 Å². The van der Waals surface area contributed by atoms with Gasteiger partial charge in [0.1, 0.15) is 4.21 Å². The van der Waals surface area contributed by atoms with Gasteiger partial charge < -0.3 is 10.1 Å². The monoisotopic (exact) mass is 504 g/mol. The first-order valence-electron chi connectivity index (χ1n) is 10.2. The van der Waals surface area contributed by atoms with E-state index >= 15 is 0 Å². The second-order valence-electron chi connectivity index (χ2n) is 7.41. The second kappa shape index (κ2) is 10.0. The average Bonchev–Trinajstić information content (AvgIpc) is 3.35.